The first kappa shape index (κ1) is 9.85. The molecule has 1 aromatic heterocycles. The number of benzene rings is 2. The first-order valence-corrected chi connectivity index (χ1v) is 5.35. The monoisotopic (exact) mass is 221 g/mol. The van der Waals surface area contributed by atoms with Crippen molar-refractivity contribution in [2.45, 2.75) is 0 Å². The van der Waals surface area contributed by atoms with Crippen molar-refractivity contribution >= 4 is 11.0 Å². The molecule has 0 aliphatic carbocycles. The van der Waals surface area contributed by atoms with Crippen LogP contribution in [0.1, 0.15) is 0 Å². The zero-order valence-electron chi connectivity index (χ0n) is 9.01. The van der Waals surface area contributed by atoms with Crippen LogP contribution in [0.25, 0.3) is 22.3 Å². The van der Waals surface area contributed by atoms with Crippen LogP contribution in [0.5, 0.6) is 0 Å². The van der Waals surface area contributed by atoms with E-state index in [9.17, 15) is 4.79 Å². The van der Waals surface area contributed by atoms with Gasteiger partial charge in [0.25, 0.3) is 0 Å². The molecule has 0 bridgehead atoms. The zero-order chi connectivity index (χ0) is 11.7. The lowest BCUT2D eigenvalue weighted by molar-refractivity contribution is 0.618. The minimum atomic E-state index is -0.134. The molecule has 0 unspecified atom stereocenters. The van der Waals surface area contributed by atoms with Crippen LogP contribution in [0.4, 0.5) is 0 Å². The lowest BCUT2D eigenvalue weighted by atomic mass is 10.1. The fourth-order valence-corrected chi connectivity index (χ4v) is 1.77. The molecule has 2 aromatic carbocycles. The van der Waals surface area contributed by atoms with Gasteiger partial charge in [-0.15, -0.1) is 18.2 Å². The van der Waals surface area contributed by atoms with Crippen molar-refractivity contribution in [1.82, 2.24) is 0 Å². The van der Waals surface area contributed by atoms with Gasteiger partial charge < -0.3 is 9.21 Å². The van der Waals surface area contributed by atoms with Crippen LogP contribution in [0.3, 0.4) is 0 Å². The summed E-state index contributed by atoms with van der Waals surface area (Å²) in [6, 6.07) is 19.4. The molecule has 2 nitrogen and oxygen atoms in total. The molecule has 82 valence electrons. The van der Waals surface area contributed by atoms with Crippen LogP contribution in [-0.4, -0.2) is 0 Å². The van der Waals surface area contributed by atoms with Crippen molar-refractivity contribution < 1.29 is 4.42 Å². The van der Waals surface area contributed by atoms with Gasteiger partial charge in [0.1, 0.15) is 0 Å². The van der Waals surface area contributed by atoms with Crippen LogP contribution >= 0.6 is 0 Å². The Hall–Kier alpha value is -2.35. The summed E-state index contributed by atoms with van der Waals surface area (Å²) in [4.78, 5) is 11.9. The minimum Gasteiger partial charge on any atom is -0.495 e. The summed E-state index contributed by atoms with van der Waals surface area (Å²) >= 11 is 0. The Morgan fingerprint density at radius 2 is 1.59 bits per heavy atom. The summed E-state index contributed by atoms with van der Waals surface area (Å²) in [6.45, 7) is 0. The van der Waals surface area contributed by atoms with E-state index in [2.05, 4.69) is 6.07 Å². The molecule has 0 atom stereocenters. The van der Waals surface area contributed by atoms with E-state index in [0.29, 0.717) is 16.7 Å². The Kier molecular flexibility index (Phi) is 2.26. The highest BCUT2D eigenvalue weighted by Gasteiger charge is 1.97. The van der Waals surface area contributed by atoms with Gasteiger partial charge in [0, 0.05) is 5.76 Å². The summed E-state index contributed by atoms with van der Waals surface area (Å²) in [6.07, 6.45) is 0. The molecule has 3 aromatic rings. The SMILES string of the molecule is O=c1[c-]c(-c2ccccc2)oc2ccccc12. The molecular weight excluding hydrogens is 212 g/mol. The molecule has 0 fully saturated rings. The quantitative estimate of drug-likeness (QED) is 0.590. The number of para-hydroxylation sites is 1. The highest BCUT2D eigenvalue weighted by atomic mass is 16.3. The number of hydrogen-bond donors (Lipinski definition) is 0. The molecule has 0 saturated carbocycles. The van der Waals surface area contributed by atoms with Gasteiger partial charge in [-0.3, -0.25) is 0 Å². The van der Waals surface area contributed by atoms with E-state index in [0.717, 1.165) is 5.56 Å². The van der Waals surface area contributed by atoms with E-state index in [-0.39, 0.29) is 5.43 Å². The molecule has 17 heavy (non-hydrogen) atoms. The van der Waals surface area contributed by atoms with E-state index in [4.69, 9.17) is 4.42 Å². The molecule has 0 spiro atoms. The minimum absolute atomic E-state index is 0.134. The Morgan fingerprint density at radius 3 is 2.41 bits per heavy atom. The largest absolute Gasteiger partial charge is 0.495 e. The zero-order valence-corrected chi connectivity index (χ0v) is 9.01. The average Bonchev–Trinajstić information content (AvgIpc) is 2.40. The second-order valence-corrected chi connectivity index (χ2v) is 3.75. The van der Waals surface area contributed by atoms with Gasteiger partial charge in [0.2, 0.25) is 0 Å². The third kappa shape index (κ3) is 1.74. The second kappa shape index (κ2) is 3.91. The summed E-state index contributed by atoms with van der Waals surface area (Å²) < 4.78 is 5.67. The molecule has 0 aliphatic heterocycles. The first-order valence-electron chi connectivity index (χ1n) is 5.35. The third-order valence-corrected chi connectivity index (χ3v) is 2.61. The molecule has 1 heterocycles. The molecule has 0 radical (unpaired) electrons. The second-order valence-electron chi connectivity index (χ2n) is 3.75. The van der Waals surface area contributed by atoms with E-state index < -0.39 is 0 Å². The fraction of sp³-hybridized carbons (Fsp3) is 0. The maximum Gasteiger partial charge on any atom is 0.0825 e. The van der Waals surface area contributed by atoms with E-state index in [1.807, 2.05) is 42.5 Å². The topological polar surface area (TPSA) is 30.2 Å². The lowest BCUT2D eigenvalue weighted by Crippen LogP contribution is -2.00. The molecule has 0 amide bonds. The highest BCUT2D eigenvalue weighted by Crippen LogP contribution is 2.20. The maximum absolute atomic E-state index is 11.9. The van der Waals surface area contributed by atoms with E-state index in [1.54, 1.807) is 12.1 Å². The standard InChI is InChI=1S/C15H9O2/c16-13-10-15(11-6-2-1-3-7-11)17-14-9-5-4-8-12(13)14/h1-9H/q-1. The molecule has 0 saturated heterocycles. The number of fused-ring (bicyclic) bond motifs is 1. The summed E-state index contributed by atoms with van der Waals surface area (Å²) in [5.41, 5.74) is 1.32. The van der Waals surface area contributed by atoms with Crippen molar-refractivity contribution in [3.8, 4) is 11.3 Å². The number of hydrogen-bond acceptors (Lipinski definition) is 2. The van der Waals surface area contributed by atoms with Crippen molar-refractivity contribution in [3.05, 3.63) is 70.9 Å². The van der Waals surface area contributed by atoms with Crippen LogP contribution in [0.15, 0.2) is 63.8 Å². The molecule has 2 heteroatoms. The van der Waals surface area contributed by atoms with E-state index >= 15 is 0 Å². The Morgan fingerprint density at radius 1 is 0.882 bits per heavy atom. The highest BCUT2D eigenvalue weighted by molar-refractivity contribution is 5.78. The molecule has 0 N–H and O–H groups in total. The maximum atomic E-state index is 11.9. The van der Waals surface area contributed by atoms with Gasteiger partial charge in [-0.05, 0) is 11.5 Å². The van der Waals surface area contributed by atoms with Crippen molar-refractivity contribution in [2.75, 3.05) is 0 Å². The Bertz CT molecular complexity index is 712. The molecular formula is C15H9O2-. The molecule has 3 rings (SSSR count). The van der Waals surface area contributed by atoms with Gasteiger partial charge >= 0.3 is 0 Å². The lowest BCUT2D eigenvalue weighted by Gasteiger charge is -2.09. The van der Waals surface area contributed by atoms with Crippen LogP contribution in [0, 0.1) is 6.07 Å². The van der Waals surface area contributed by atoms with Gasteiger partial charge in [0.05, 0.1) is 11.0 Å². The van der Waals surface area contributed by atoms with Crippen molar-refractivity contribution in [2.24, 2.45) is 0 Å². The summed E-state index contributed by atoms with van der Waals surface area (Å²) in [7, 11) is 0. The Balaban J connectivity index is 2.30. The predicted octanol–water partition coefficient (Wildman–Crippen LogP) is 3.26. The van der Waals surface area contributed by atoms with Gasteiger partial charge in [-0.2, -0.15) is 0 Å². The van der Waals surface area contributed by atoms with E-state index in [1.165, 1.54) is 0 Å². The van der Waals surface area contributed by atoms with Crippen LogP contribution in [-0.2, 0) is 0 Å². The predicted molar refractivity (Wildman–Crippen MR) is 66.8 cm³/mol. The van der Waals surface area contributed by atoms with Crippen molar-refractivity contribution in [1.29, 1.82) is 0 Å². The first-order chi connectivity index (χ1) is 8.34. The van der Waals surface area contributed by atoms with Gasteiger partial charge in [-0.1, -0.05) is 42.0 Å². The smallest absolute Gasteiger partial charge is 0.0825 e. The average molecular weight is 221 g/mol. The summed E-state index contributed by atoms with van der Waals surface area (Å²) in [5.74, 6) is 0.481. The molecule has 0 aliphatic rings. The normalized spacial score (nSPS) is 10.6. The van der Waals surface area contributed by atoms with Gasteiger partial charge in [0.15, 0.2) is 0 Å². The summed E-state index contributed by atoms with van der Waals surface area (Å²) in [5, 5.41) is 0.562. The van der Waals surface area contributed by atoms with Crippen LogP contribution < -0.4 is 5.43 Å². The van der Waals surface area contributed by atoms with Crippen LogP contribution in [0.2, 0.25) is 0 Å². The van der Waals surface area contributed by atoms with Crippen molar-refractivity contribution in [3.63, 3.8) is 0 Å². The Labute approximate surface area is 98.1 Å². The third-order valence-electron chi connectivity index (χ3n) is 2.61. The fourth-order valence-electron chi connectivity index (χ4n) is 1.77. The van der Waals surface area contributed by atoms with Gasteiger partial charge in [-0.25, -0.2) is 0 Å². The number of rotatable bonds is 1.